The lowest BCUT2D eigenvalue weighted by Gasteiger charge is -2.38. The van der Waals surface area contributed by atoms with E-state index in [0.29, 0.717) is 11.6 Å². The molecule has 1 heterocycles. The molecule has 0 amide bonds. The first-order chi connectivity index (χ1) is 11.8. The molecule has 0 aromatic heterocycles. The Labute approximate surface area is 150 Å². The summed E-state index contributed by atoms with van der Waals surface area (Å²) in [6.07, 6.45) is 5.24. The van der Waals surface area contributed by atoms with Gasteiger partial charge in [-0.2, -0.15) is 0 Å². The molecule has 1 atom stereocenters. The van der Waals surface area contributed by atoms with Crippen LogP contribution in [0.25, 0.3) is 0 Å². The molecule has 2 rings (SSSR count). The first-order valence-corrected chi connectivity index (χ1v) is 8.91. The number of aryl methyl sites for hydroxylation is 3. The summed E-state index contributed by atoms with van der Waals surface area (Å²) in [5.41, 5.74) is 3.14. The van der Waals surface area contributed by atoms with Gasteiger partial charge in [-0.05, 0) is 51.7 Å². The predicted octanol–water partition coefficient (Wildman–Crippen LogP) is 4.89. The summed E-state index contributed by atoms with van der Waals surface area (Å²) in [5.74, 6) is 1.06. The van der Waals surface area contributed by atoms with Gasteiger partial charge in [0.1, 0.15) is 5.75 Å². The van der Waals surface area contributed by atoms with Crippen molar-refractivity contribution in [2.45, 2.75) is 66.5 Å². The fourth-order valence-electron chi connectivity index (χ4n) is 3.56. The summed E-state index contributed by atoms with van der Waals surface area (Å²) in [7, 11) is 0. The van der Waals surface area contributed by atoms with Crippen molar-refractivity contribution in [2.24, 2.45) is 0 Å². The van der Waals surface area contributed by atoms with Gasteiger partial charge in [0.15, 0.2) is 0 Å². The van der Waals surface area contributed by atoms with Crippen LogP contribution in [0.2, 0.25) is 0 Å². The zero-order valence-electron chi connectivity index (χ0n) is 16.0. The van der Waals surface area contributed by atoms with E-state index in [1.165, 1.54) is 0 Å². The molecule has 0 saturated heterocycles. The van der Waals surface area contributed by atoms with Crippen LogP contribution in [-0.2, 0) is 0 Å². The number of hydrogen-bond acceptors (Lipinski definition) is 4. The van der Waals surface area contributed by atoms with Gasteiger partial charge in [0.2, 0.25) is 0 Å². The molecule has 0 spiro atoms. The molecule has 0 saturated carbocycles. The molecule has 0 aliphatic carbocycles. The number of ether oxygens (including phenoxy) is 1. The van der Waals surface area contributed by atoms with Crippen LogP contribution in [0.1, 0.15) is 50.3 Å². The second kappa shape index (κ2) is 7.72. The van der Waals surface area contributed by atoms with E-state index in [1.54, 1.807) is 6.08 Å². The number of allylic oxidation sites excluding steroid dienone is 1. The van der Waals surface area contributed by atoms with E-state index in [9.17, 15) is 10.1 Å². The Bertz CT molecular complexity index is 695. The highest BCUT2D eigenvalue weighted by atomic mass is 16.6. The lowest BCUT2D eigenvalue weighted by atomic mass is 10.0. The van der Waals surface area contributed by atoms with E-state index in [2.05, 4.69) is 18.7 Å². The zero-order valence-corrected chi connectivity index (χ0v) is 16.0. The van der Waals surface area contributed by atoms with Crippen LogP contribution in [-0.4, -0.2) is 21.9 Å². The van der Waals surface area contributed by atoms with Gasteiger partial charge >= 0.3 is 5.70 Å². The van der Waals surface area contributed by atoms with Crippen LogP contribution >= 0.6 is 0 Å². The fraction of sp³-hybridized carbons (Fsp3) is 0.500. The van der Waals surface area contributed by atoms with Gasteiger partial charge in [0.25, 0.3) is 5.88 Å². The average Bonchev–Trinajstić information content (AvgIpc) is 2.53. The third-order valence-corrected chi connectivity index (χ3v) is 4.76. The van der Waals surface area contributed by atoms with Crippen molar-refractivity contribution in [3.63, 3.8) is 0 Å². The number of benzene rings is 1. The zero-order chi connectivity index (χ0) is 18.7. The molecule has 0 fully saturated rings. The minimum absolute atomic E-state index is 0.0179. The Hall–Kier alpha value is -2.30. The van der Waals surface area contributed by atoms with Crippen molar-refractivity contribution in [1.82, 2.24) is 4.90 Å². The molecule has 5 nitrogen and oxygen atoms in total. The second-order valence-corrected chi connectivity index (χ2v) is 6.75. The summed E-state index contributed by atoms with van der Waals surface area (Å²) in [6, 6.07) is 4.32. The molecule has 5 heteroatoms. The van der Waals surface area contributed by atoms with E-state index >= 15 is 0 Å². The lowest BCUT2D eigenvalue weighted by Crippen LogP contribution is -2.44. The first kappa shape index (κ1) is 19.0. The van der Waals surface area contributed by atoms with Gasteiger partial charge in [-0.3, -0.25) is 10.1 Å². The van der Waals surface area contributed by atoms with Crippen molar-refractivity contribution in [2.75, 3.05) is 0 Å². The van der Waals surface area contributed by atoms with E-state index in [0.717, 1.165) is 29.5 Å². The molecular weight excluding hydrogens is 316 g/mol. The molecule has 136 valence electrons. The minimum Gasteiger partial charge on any atom is -0.435 e. The summed E-state index contributed by atoms with van der Waals surface area (Å²) < 4.78 is 6.23. The molecule has 0 bridgehead atoms. The Morgan fingerprint density at radius 3 is 2.24 bits per heavy atom. The maximum absolute atomic E-state index is 11.6. The van der Waals surface area contributed by atoms with Crippen molar-refractivity contribution in [3.8, 4) is 5.75 Å². The molecule has 1 aromatic carbocycles. The molecule has 1 aromatic rings. The Morgan fingerprint density at radius 1 is 1.20 bits per heavy atom. The minimum atomic E-state index is -0.355. The summed E-state index contributed by atoms with van der Waals surface area (Å²) >= 11 is 0. The quantitative estimate of drug-likeness (QED) is 0.545. The van der Waals surface area contributed by atoms with Crippen molar-refractivity contribution < 1.29 is 9.66 Å². The van der Waals surface area contributed by atoms with Crippen LogP contribution in [0.4, 0.5) is 0 Å². The van der Waals surface area contributed by atoms with Gasteiger partial charge < -0.3 is 9.64 Å². The topological polar surface area (TPSA) is 55.6 Å². The van der Waals surface area contributed by atoms with Gasteiger partial charge in [-0.15, -0.1) is 0 Å². The van der Waals surface area contributed by atoms with Gasteiger partial charge in [0, 0.05) is 18.2 Å². The van der Waals surface area contributed by atoms with E-state index in [4.69, 9.17) is 4.74 Å². The summed E-state index contributed by atoms with van der Waals surface area (Å²) in [6.45, 7) is 12.2. The van der Waals surface area contributed by atoms with Crippen molar-refractivity contribution in [1.29, 1.82) is 0 Å². The van der Waals surface area contributed by atoms with Crippen LogP contribution in [0.3, 0.4) is 0 Å². The predicted molar refractivity (Wildman–Crippen MR) is 100 cm³/mol. The van der Waals surface area contributed by atoms with E-state index in [1.807, 2.05) is 45.9 Å². The summed E-state index contributed by atoms with van der Waals surface area (Å²) in [5, 5.41) is 11.6. The van der Waals surface area contributed by atoms with E-state index < -0.39 is 0 Å². The highest BCUT2D eigenvalue weighted by molar-refractivity contribution is 5.44. The van der Waals surface area contributed by atoms with Gasteiger partial charge in [-0.1, -0.05) is 37.6 Å². The fourth-order valence-corrected chi connectivity index (χ4v) is 3.56. The largest absolute Gasteiger partial charge is 0.435 e. The maximum atomic E-state index is 11.6. The van der Waals surface area contributed by atoms with Crippen molar-refractivity contribution in [3.05, 3.63) is 62.7 Å². The Kier molecular flexibility index (Phi) is 5.88. The molecule has 0 radical (unpaired) electrons. The highest BCUT2D eigenvalue weighted by Gasteiger charge is 2.34. The smallest absolute Gasteiger partial charge is 0.328 e. The molecule has 1 aliphatic rings. The van der Waals surface area contributed by atoms with Crippen molar-refractivity contribution >= 4 is 0 Å². The van der Waals surface area contributed by atoms with Gasteiger partial charge in [0.05, 0.1) is 4.92 Å². The molecule has 1 unspecified atom stereocenters. The highest BCUT2D eigenvalue weighted by Crippen LogP contribution is 2.33. The lowest BCUT2D eigenvalue weighted by molar-refractivity contribution is -0.423. The average molecular weight is 344 g/mol. The third-order valence-electron chi connectivity index (χ3n) is 4.76. The summed E-state index contributed by atoms with van der Waals surface area (Å²) in [4.78, 5) is 13.3. The third kappa shape index (κ3) is 3.86. The standard InChI is InChI=1S/C20H28N2O3/c1-7-17(8-2)21-16(6)9-10-18(22(23)24)20(21)25-19-14(4)11-13(3)12-15(19)5/h9-12,16-17H,7-8H2,1-6H3. The Balaban J connectivity index is 2.57. The van der Waals surface area contributed by atoms with Crippen LogP contribution in [0, 0.1) is 30.9 Å². The molecule has 1 aliphatic heterocycles. The van der Waals surface area contributed by atoms with Gasteiger partial charge in [-0.25, -0.2) is 0 Å². The van der Waals surface area contributed by atoms with Crippen LogP contribution in [0.5, 0.6) is 5.75 Å². The number of rotatable bonds is 6. The number of hydrogen-bond donors (Lipinski definition) is 0. The number of nitrogens with zero attached hydrogens (tertiary/aromatic N) is 2. The normalized spacial score (nSPS) is 17.4. The van der Waals surface area contributed by atoms with Crippen LogP contribution < -0.4 is 4.74 Å². The van der Waals surface area contributed by atoms with Crippen LogP contribution in [0.15, 0.2) is 35.9 Å². The number of nitro groups is 1. The molecular formula is C20H28N2O3. The first-order valence-electron chi connectivity index (χ1n) is 8.91. The second-order valence-electron chi connectivity index (χ2n) is 6.75. The molecule has 0 N–H and O–H groups in total. The monoisotopic (exact) mass is 344 g/mol. The molecule has 25 heavy (non-hydrogen) atoms. The maximum Gasteiger partial charge on any atom is 0.328 e. The Morgan fingerprint density at radius 2 is 1.76 bits per heavy atom. The SMILES string of the molecule is CCC(CC)N1C(Oc2c(C)cc(C)cc2C)=C([N+](=O)[O-])C=CC1C. The van der Waals surface area contributed by atoms with E-state index in [-0.39, 0.29) is 22.7 Å².